The molecule has 1 heterocycles. The zero-order valence-electron chi connectivity index (χ0n) is 17.1. The smallest absolute Gasteiger partial charge is 0.0678 e. The van der Waals surface area contributed by atoms with E-state index in [4.69, 9.17) is 5.41 Å². The van der Waals surface area contributed by atoms with Crippen molar-refractivity contribution in [3.8, 4) is 0 Å². The number of nitrogens with zero attached hydrogens (tertiary/aromatic N) is 2. The van der Waals surface area contributed by atoms with Gasteiger partial charge in [0, 0.05) is 41.8 Å². The molecule has 0 spiro atoms. The molecule has 2 aliphatic rings. The van der Waals surface area contributed by atoms with Gasteiger partial charge >= 0.3 is 0 Å². The van der Waals surface area contributed by atoms with Crippen LogP contribution in [0, 0.1) is 11.3 Å². The van der Waals surface area contributed by atoms with Crippen molar-refractivity contribution >= 4 is 11.4 Å². The first-order valence-electron chi connectivity index (χ1n) is 10.3. The fourth-order valence-corrected chi connectivity index (χ4v) is 4.12. The number of aliphatic imine (C=N–C) groups is 1. The number of likely N-dealkylation sites (tertiary alicyclic amines) is 1. The van der Waals surface area contributed by atoms with Gasteiger partial charge in [0.1, 0.15) is 0 Å². The first kappa shape index (κ1) is 20.9. The van der Waals surface area contributed by atoms with Crippen LogP contribution in [0.4, 0.5) is 0 Å². The van der Waals surface area contributed by atoms with E-state index in [1.165, 1.54) is 25.0 Å². The average molecular weight is 360 g/mol. The van der Waals surface area contributed by atoms with Gasteiger partial charge in [0.15, 0.2) is 0 Å². The van der Waals surface area contributed by atoms with Crippen LogP contribution in [-0.2, 0) is 0 Å². The predicted octanol–water partition coefficient (Wildman–Crippen LogP) is 5.09. The Balaban J connectivity index is 1.94. The van der Waals surface area contributed by atoms with Crippen LogP contribution in [0.5, 0.6) is 0 Å². The maximum atomic E-state index is 10.4. The van der Waals surface area contributed by atoms with E-state index < -0.39 is 5.60 Å². The summed E-state index contributed by atoms with van der Waals surface area (Å²) in [5.41, 5.74) is 3.37. The van der Waals surface area contributed by atoms with Gasteiger partial charge in [-0.05, 0) is 65.0 Å². The minimum Gasteiger partial charge on any atom is -0.390 e. The molecule has 0 aromatic heterocycles. The van der Waals surface area contributed by atoms with E-state index in [1.54, 1.807) is 0 Å². The zero-order chi connectivity index (χ0) is 19.2. The summed E-state index contributed by atoms with van der Waals surface area (Å²) in [6, 6.07) is 0. The standard InChI is InChI=1S/C22H37N3O/c1-5-22(26)11-13-25(14-12-22)19(4)15-17(2)24-18(3)16-21(23)20-9-7-6-8-10-20/h15-16,20,23,26H,5-14H2,1-4H3/b18-16+,19-15+,23-21?,24-17+. The van der Waals surface area contributed by atoms with Gasteiger partial charge in [-0.1, -0.05) is 26.2 Å². The van der Waals surface area contributed by atoms with Crippen molar-refractivity contribution in [1.29, 1.82) is 5.41 Å². The van der Waals surface area contributed by atoms with Gasteiger partial charge in [-0.2, -0.15) is 0 Å². The lowest BCUT2D eigenvalue weighted by Crippen LogP contribution is -2.43. The second kappa shape index (κ2) is 9.50. The predicted molar refractivity (Wildman–Crippen MR) is 111 cm³/mol. The Hall–Kier alpha value is -1.42. The molecule has 2 fully saturated rings. The van der Waals surface area contributed by atoms with E-state index in [0.29, 0.717) is 5.92 Å². The number of hydrogen-bond acceptors (Lipinski definition) is 4. The number of piperidine rings is 1. The molecule has 1 aliphatic heterocycles. The summed E-state index contributed by atoms with van der Waals surface area (Å²) >= 11 is 0. The van der Waals surface area contributed by atoms with E-state index >= 15 is 0 Å². The summed E-state index contributed by atoms with van der Waals surface area (Å²) in [6.07, 6.45) is 12.7. The highest BCUT2D eigenvalue weighted by molar-refractivity contribution is 5.97. The molecule has 0 amide bonds. The van der Waals surface area contributed by atoms with Gasteiger partial charge < -0.3 is 15.4 Å². The largest absolute Gasteiger partial charge is 0.390 e. The second-order valence-electron chi connectivity index (χ2n) is 8.18. The maximum absolute atomic E-state index is 10.4. The summed E-state index contributed by atoms with van der Waals surface area (Å²) in [5, 5.41) is 18.7. The van der Waals surface area contributed by atoms with Crippen molar-refractivity contribution in [2.45, 2.75) is 84.7 Å². The van der Waals surface area contributed by atoms with Crippen LogP contribution < -0.4 is 0 Å². The van der Waals surface area contributed by atoms with Gasteiger partial charge in [0.2, 0.25) is 0 Å². The summed E-state index contributed by atoms with van der Waals surface area (Å²) in [4.78, 5) is 7.02. The van der Waals surface area contributed by atoms with E-state index in [1.807, 2.05) is 19.9 Å². The molecule has 1 aliphatic carbocycles. The summed E-state index contributed by atoms with van der Waals surface area (Å²) in [7, 11) is 0. The SMILES string of the molecule is CCC1(O)CCN(/C(C)=C/C(C)=N/C(C)=C/C(=N)C2CCCCC2)CC1. The molecular weight excluding hydrogens is 322 g/mol. The highest BCUT2D eigenvalue weighted by Gasteiger charge is 2.30. The fourth-order valence-electron chi connectivity index (χ4n) is 4.12. The van der Waals surface area contributed by atoms with Crippen LogP contribution in [0.15, 0.2) is 28.5 Å². The van der Waals surface area contributed by atoms with Crippen molar-refractivity contribution in [3.05, 3.63) is 23.5 Å². The van der Waals surface area contributed by atoms with Crippen LogP contribution in [0.2, 0.25) is 0 Å². The third-order valence-electron chi connectivity index (χ3n) is 6.03. The Morgan fingerprint density at radius 3 is 2.31 bits per heavy atom. The van der Waals surface area contributed by atoms with Gasteiger partial charge in [0.05, 0.1) is 5.60 Å². The Morgan fingerprint density at radius 2 is 1.73 bits per heavy atom. The molecule has 146 valence electrons. The molecule has 1 saturated heterocycles. The summed E-state index contributed by atoms with van der Waals surface area (Å²) in [6.45, 7) is 10.0. The van der Waals surface area contributed by atoms with Gasteiger partial charge in [-0.3, -0.25) is 4.99 Å². The molecule has 2 N–H and O–H groups in total. The number of hydrogen-bond donors (Lipinski definition) is 2. The summed E-state index contributed by atoms with van der Waals surface area (Å²) < 4.78 is 0. The monoisotopic (exact) mass is 359 g/mol. The molecular formula is C22H37N3O. The molecule has 0 atom stereocenters. The van der Waals surface area contributed by atoms with E-state index in [9.17, 15) is 5.11 Å². The molecule has 1 saturated carbocycles. The van der Waals surface area contributed by atoms with Gasteiger partial charge in [-0.25, -0.2) is 0 Å². The normalized spacial score (nSPS) is 23.3. The fraction of sp³-hybridized carbons (Fsp3) is 0.727. The van der Waals surface area contributed by atoms with Gasteiger partial charge in [0.25, 0.3) is 0 Å². The average Bonchev–Trinajstić information content (AvgIpc) is 2.62. The van der Waals surface area contributed by atoms with Crippen LogP contribution in [-0.4, -0.2) is 40.1 Å². The van der Waals surface area contributed by atoms with Crippen molar-refractivity contribution in [3.63, 3.8) is 0 Å². The van der Waals surface area contributed by atoms with Crippen LogP contribution in [0.25, 0.3) is 0 Å². The highest BCUT2D eigenvalue weighted by Crippen LogP contribution is 2.27. The first-order chi connectivity index (χ1) is 12.3. The summed E-state index contributed by atoms with van der Waals surface area (Å²) in [5.74, 6) is 0.428. The third kappa shape index (κ3) is 6.08. The Morgan fingerprint density at radius 1 is 1.12 bits per heavy atom. The molecule has 4 nitrogen and oxygen atoms in total. The molecule has 0 unspecified atom stereocenters. The van der Waals surface area contributed by atoms with Crippen molar-refractivity contribution in [2.75, 3.05) is 13.1 Å². The van der Waals surface area contributed by atoms with Crippen molar-refractivity contribution in [2.24, 2.45) is 10.9 Å². The Bertz CT molecular complexity index is 574. The highest BCUT2D eigenvalue weighted by atomic mass is 16.3. The second-order valence-corrected chi connectivity index (χ2v) is 8.18. The van der Waals surface area contributed by atoms with E-state index in [2.05, 4.69) is 29.8 Å². The number of rotatable bonds is 6. The zero-order valence-corrected chi connectivity index (χ0v) is 17.1. The lowest BCUT2D eigenvalue weighted by atomic mass is 9.85. The quantitative estimate of drug-likeness (QED) is 0.649. The van der Waals surface area contributed by atoms with Crippen LogP contribution in [0.3, 0.4) is 0 Å². The molecule has 0 bridgehead atoms. The van der Waals surface area contributed by atoms with Crippen LogP contribution in [0.1, 0.15) is 79.1 Å². The number of aliphatic hydroxyl groups is 1. The molecule has 0 aromatic rings. The first-order valence-corrected chi connectivity index (χ1v) is 10.3. The Kier molecular flexibility index (Phi) is 7.63. The number of allylic oxidation sites excluding steroid dienone is 4. The molecule has 4 heteroatoms. The number of nitrogens with one attached hydrogen (secondary N) is 1. The minimum absolute atomic E-state index is 0.428. The third-order valence-corrected chi connectivity index (χ3v) is 6.03. The molecule has 0 aromatic carbocycles. The van der Waals surface area contributed by atoms with E-state index in [0.717, 1.165) is 62.3 Å². The Labute approximate surface area is 159 Å². The lowest BCUT2D eigenvalue weighted by Gasteiger charge is -2.39. The topological polar surface area (TPSA) is 59.7 Å². The maximum Gasteiger partial charge on any atom is 0.0678 e. The van der Waals surface area contributed by atoms with Gasteiger partial charge in [-0.15, -0.1) is 0 Å². The molecule has 2 rings (SSSR count). The van der Waals surface area contributed by atoms with Crippen molar-refractivity contribution < 1.29 is 5.11 Å². The minimum atomic E-state index is -0.473. The molecule has 26 heavy (non-hydrogen) atoms. The van der Waals surface area contributed by atoms with E-state index in [-0.39, 0.29) is 0 Å². The molecule has 0 radical (unpaired) electrons. The van der Waals surface area contributed by atoms with Crippen LogP contribution >= 0.6 is 0 Å². The lowest BCUT2D eigenvalue weighted by molar-refractivity contribution is -0.0166. The van der Waals surface area contributed by atoms with Crippen molar-refractivity contribution in [1.82, 2.24) is 4.90 Å².